The van der Waals surface area contributed by atoms with Crippen LogP contribution in [0.1, 0.15) is 35.3 Å². The SMILES string of the molecule is Cc1cc(-c2ccc(C(=S)N3CCC(F)(F)CC3)cn2)cc2cc(CNC(=O)/C=C/c3ccc(N)nc3)oc12. The monoisotopic (exact) mass is 547 g/mol. The molecule has 0 bridgehead atoms. The van der Waals surface area contributed by atoms with Gasteiger partial charge in [0.1, 0.15) is 22.1 Å². The van der Waals surface area contributed by atoms with Gasteiger partial charge in [-0.05, 0) is 66.6 Å². The molecule has 0 radical (unpaired) electrons. The molecule has 10 heteroatoms. The molecular weight excluding hydrogens is 520 g/mol. The minimum Gasteiger partial charge on any atom is -0.459 e. The van der Waals surface area contributed by atoms with Gasteiger partial charge in [0.05, 0.1) is 12.2 Å². The largest absolute Gasteiger partial charge is 0.459 e. The Morgan fingerprint density at radius 1 is 1.15 bits per heavy atom. The van der Waals surface area contributed by atoms with E-state index >= 15 is 0 Å². The summed E-state index contributed by atoms with van der Waals surface area (Å²) in [4.78, 5) is 23.2. The average Bonchev–Trinajstić information content (AvgIpc) is 3.35. The zero-order valence-corrected chi connectivity index (χ0v) is 22.1. The Bertz CT molecular complexity index is 1540. The molecule has 39 heavy (non-hydrogen) atoms. The molecule has 3 aromatic heterocycles. The molecule has 0 unspecified atom stereocenters. The fourth-order valence-corrected chi connectivity index (χ4v) is 4.75. The molecule has 1 aliphatic rings. The van der Waals surface area contributed by atoms with Crippen LogP contribution in [0.2, 0.25) is 0 Å². The van der Waals surface area contributed by atoms with Gasteiger partial charge in [0.15, 0.2) is 0 Å². The van der Waals surface area contributed by atoms with E-state index in [1.807, 2.05) is 42.2 Å². The van der Waals surface area contributed by atoms with E-state index in [1.54, 1.807) is 30.6 Å². The van der Waals surface area contributed by atoms with Crippen molar-refractivity contribution in [2.45, 2.75) is 32.2 Å². The first kappa shape index (κ1) is 26.4. The van der Waals surface area contributed by atoms with Crippen molar-refractivity contribution in [2.24, 2.45) is 0 Å². The molecule has 1 fully saturated rings. The number of hydrogen-bond donors (Lipinski definition) is 2. The first-order valence-electron chi connectivity index (χ1n) is 12.5. The average molecular weight is 548 g/mol. The highest BCUT2D eigenvalue weighted by atomic mass is 32.1. The van der Waals surface area contributed by atoms with Gasteiger partial charge in [-0.2, -0.15) is 0 Å². The lowest BCUT2D eigenvalue weighted by molar-refractivity contribution is -0.116. The van der Waals surface area contributed by atoms with E-state index in [1.165, 1.54) is 6.08 Å². The molecule has 1 aliphatic heterocycles. The number of rotatable bonds is 6. The number of aryl methyl sites for hydroxylation is 1. The molecule has 0 aliphatic carbocycles. The van der Waals surface area contributed by atoms with Crippen molar-refractivity contribution in [1.29, 1.82) is 0 Å². The summed E-state index contributed by atoms with van der Waals surface area (Å²) in [7, 11) is 0. The van der Waals surface area contributed by atoms with Crippen LogP contribution in [0.3, 0.4) is 0 Å². The van der Waals surface area contributed by atoms with Crippen molar-refractivity contribution in [2.75, 3.05) is 18.8 Å². The van der Waals surface area contributed by atoms with Crippen molar-refractivity contribution in [3.8, 4) is 11.3 Å². The summed E-state index contributed by atoms with van der Waals surface area (Å²) in [6, 6.07) is 13.1. The summed E-state index contributed by atoms with van der Waals surface area (Å²) in [5.74, 6) is -1.83. The Morgan fingerprint density at radius 3 is 2.64 bits per heavy atom. The maximum absolute atomic E-state index is 13.5. The third-order valence-electron chi connectivity index (χ3n) is 6.61. The van der Waals surface area contributed by atoms with Crippen molar-refractivity contribution in [1.82, 2.24) is 20.2 Å². The summed E-state index contributed by atoms with van der Waals surface area (Å²) in [6.45, 7) is 2.67. The number of nitrogens with one attached hydrogen (secondary N) is 1. The second kappa shape index (κ2) is 10.9. The van der Waals surface area contributed by atoms with Crippen LogP contribution in [0, 0.1) is 6.92 Å². The number of nitrogen functional groups attached to an aromatic ring is 1. The number of hydrogen-bond acceptors (Lipinski definition) is 6. The van der Waals surface area contributed by atoms with Gasteiger partial charge in [0.2, 0.25) is 5.91 Å². The number of alkyl halides is 2. The minimum atomic E-state index is -2.61. The second-order valence-electron chi connectivity index (χ2n) is 9.57. The van der Waals surface area contributed by atoms with E-state index in [0.29, 0.717) is 16.6 Å². The first-order valence-corrected chi connectivity index (χ1v) is 12.9. The minimum absolute atomic E-state index is 0.188. The Hall–Kier alpha value is -4.18. The molecule has 4 heterocycles. The number of fused-ring (bicyclic) bond motifs is 1. The molecule has 200 valence electrons. The van der Waals surface area contributed by atoms with Crippen LogP contribution >= 0.6 is 12.2 Å². The molecule has 1 amide bonds. The summed E-state index contributed by atoms with van der Waals surface area (Å²) >= 11 is 5.54. The Balaban J connectivity index is 1.24. The number of benzene rings is 1. The number of anilines is 1. The zero-order valence-electron chi connectivity index (χ0n) is 21.3. The molecule has 5 rings (SSSR count). The molecule has 1 saturated heterocycles. The van der Waals surface area contributed by atoms with Crippen LogP contribution in [-0.4, -0.2) is 44.8 Å². The van der Waals surface area contributed by atoms with E-state index in [4.69, 9.17) is 22.4 Å². The van der Waals surface area contributed by atoms with Gasteiger partial charge in [-0.3, -0.25) is 9.78 Å². The maximum Gasteiger partial charge on any atom is 0.251 e. The topological polar surface area (TPSA) is 97.3 Å². The van der Waals surface area contributed by atoms with Crippen LogP contribution in [-0.2, 0) is 11.3 Å². The first-order chi connectivity index (χ1) is 18.7. The molecule has 0 atom stereocenters. The normalized spacial score (nSPS) is 15.1. The fourth-order valence-electron chi connectivity index (χ4n) is 4.45. The van der Waals surface area contributed by atoms with Crippen LogP contribution in [0.15, 0.2) is 65.4 Å². The van der Waals surface area contributed by atoms with Gasteiger partial charge in [0.25, 0.3) is 5.92 Å². The Kier molecular flexibility index (Phi) is 7.38. The lowest BCUT2D eigenvalue weighted by Gasteiger charge is -2.33. The van der Waals surface area contributed by atoms with Gasteiger partial charge < -0.3 is 20.4 Å². The number of thiocarbonyl (C=S) groups is 1. The summed E-state index contributed by atoms with van der Waals surface area (Å²) in [5, 5.41) is 3.72. The molecule has 7 nitrogen and oxygen atoms in total. The van der Waals surface area contributed by atoms with Crippen LogP contribution < -0.4 is 11.1 Å². The third kappa shape index (κ3) is 6.28. The number of carbonyl (C=O) groups is 1. The van der Waals surface area contributed by atoms with E-state index < -0.39 is 5.92 Å². The summed E-state index contributed by atoms with van der Waals surface area (Å²) in [5.41, 5.74) is 10.4. The Morgan fingerprint density at radius 2 is 1.95 bits per heavy atom. The molecule has 1 aromatic carbocycles. The molecule has 4 aromatic rings. The van der Waals surface area contributed by atoms with E-state index in [-0.39, 0.29) is 38.4 Å². The second-order valence-corrected chi connectivity index (χ2v) is 9.96. The van der Waals surface area contributed by atoms with E-state index in [9.17, 15) is 13.6 Å². The number of nitrogens with two attached hydrogens (primary N) is 1. The number of piperidine rings is 1. The predicted octanol–water partition coefficient (Wildman–Crippen LogP) is 5.52. The highest BCUT2D eigenvalue weighted by Crippen LogP contribution is 2.31. The predicted molar refractivity (Wildman–Crippen MR) is 151 cm³/mol. The van der Waals surface area contributed by atoms with Crippen molar-refractivity contribution >= 4 is 46.0 Å². The molecular formula is C29H27F2N5O2S. The van der Waals surface area contributed by atoms with Gasteiger partial charge in [0, 0.05) is 60.9 Å². The third-order valence-corrected chi connectivity index (χ3v) is 7.11. The number of aromatic nitrogens is 2. The standard InChI is InChI=1S/C29H27F2N5O2S/c1-18-12-21(24-5-4-20(16-33-24)28(39)36-10-8-29(30,31)9-11-36)13-22-14-23(38-27(18)22)17-35-26(37)7-3-19-2-6-25(32)34-15-19/h2-7,12-16H,8-11,17H2,1H3,(H2,32,34)(H,35,37)/b7-3+. The lowest BCUT2D eigenvalue weighted by atomic mass is 10.0. The highest BCUT2D eigenvalue weighted by molar-refractivity contribution is 7.80. The summed E-state index contributed by atoms with van der Waals surface area (Å²) in [6.07, 6.45) is 5.99. The van der Waals surface area contributed by atoms with Crippen molar-refractivity contribution in [3.63, 3.8) is 0 Å². The highest BCUT2D eigenvalue weighted by Gasteiger charge is 2.34. The van der Waals surface area contributed by atoms with Crippen molar-refractivity contribution < 1.29 is 18.0 Å². The quantitative estimate of drug-likeness (QED) is 0.242. The fraction of sp³-hybridized carbons (Fsp3) is 0.241. The lowest BCUT2D eigenvalue weighted by Crippen LogP contribution is -2.42. The number of halogens is 2. The van der Waals surface area contributed by atoms with Gasteiger partial charge in [-0.25, -0.2) is 13.8 Å². The van der Waals surface area contributed by atoms with Crippen LogP contribution in [0.4, 0.5) is 14.6 Å². The molecule has 0 saturated carbocycles. The maximum atomic E-state index is 13.5. The van der Waals surface area contributed by atoms with E-state index in [0.717, 1.165) is 38.9 Å². The van der Waals surface area contributed by atoms with E-state index in [2.05, 4.69) is 15.3 Å². The van der Waals surface area contributed by atoms with Crippen LogP contribution in [0.5, 0.6) is 0 Å². The number of pyridine rings is 2. The number of furan rings is 1. The van der Waals surface area contributed by atoms with Gasteiger partial charge >= 0.3 is 0 Å². The molecule has 0 spiro atoms. The molecule has 3 N–H and O–H groups in total. The smallest absolute Gasteiger partial charge is 0.251 e. The zero-order chi connectivity index (χ0) is 27.6. The van der Waals surface area contributed by atoms with Gasteiger partial charge in [-0.1, -0.05) is 12.2 Å². The van der Waals surface area contributed by atoms with Gasteiger partial charge in [-0.15, -0.1) is 0 Å². The number of likely N-dealkylation sites (tertiary alicyclic amines) is 1. The van der Waals surface area contributed by atoms with Crippen LogP contribution in [0.25, 0.3) is 28.3 Å². The Labute approximate surface area is 229 Å². The van der Waals surface area contributed by atoms with Crippen molar-refractivity contribution in [3.05, 3.63) is 83.4 Å². The number of amides is 1. The number of carbonyl (C=O) groups excluding carboxylic acids is 1. The summed E-state index contributed by atoms with van der Waals surface area (Å²) < 4.78 is 33.0. The number of nitrogens with zero attached hydrogens (tertiary/aromatic N) is 3.